The molecule has 2 aliphatic rings. The van der Waals surface area contributed by atoms with E-state index in [4.69, 9.17) is 5.84 Å². The molecule has 0 aromatic carbocycles. The Morgan fingerprint density at radius 3 is 2.31 bits per heavy atom. The Bertz CT molecular complexity index is 242. The van der Waals surface area contributed by atoms with E-state index in [9.17, 15) is 4.79 Å². The van der Waals surface area contributed by atoms with Crippen LogP contribution >= 0.6 is 0 Å². The predicted molar refractivity (Wildman–Crippen MR) is 64.4 cm³/mol. The maximum absolute atomic E-state index is 11.7. The molecule has 0 spiro atoms. The Kier molecular flexibility index (Phi) is 4.22. The maximum Gasteiger partial charge on any atom is 0.237 e. The van der Waals surface area contributed by atoms with Crippen molar-refractivity contribution < 1.29 is 4.79 Å². The summed E-state index contributed by atoms with van der Waals surface area (Å²) in [5.41, 5.74) is 2.35. The first-order chi connectivity index (χ1) is 7.83. The average molecular weight is 224 g/mol. The van der Waals surface area contributed by atoms with Gasteiger partial charge in [0.25, 0.3) is 0 Å². The lowest BCUT2D eigenvalue weighted by Crippen LogP contribution is -2.37. The number of carbonyl (C=O) groups excluding carboxylic acids is 1. The molecule has 3 N–H and O–H groups in total. The summed E-state index contributed by atoms with van der Waals surface area (Å²) >= 11 is 0. The number of hydrogen-bond donors (Lipinski definition) is 2. The molecule has 0 bridgehead atoms. The smallest absolute Gasteiger partial charge is 0.237 e. The van der Waals surface area contributed by atoms with Gasteiger partial charge in [-0.05, 0) is 24.7 Å². The van der Waals surface area contributed by atoms with Crippen LogP contribution in [0.15, 0.2) is 0 Å². The molecule has 92 valence electrons. The van der Waals surface area contributed by atoms with Crippen molar-refractivity contribution in [2.75, 3.05) is 0 Å². The van der Waals surface area contributed by atoms with Gasteiger partial charge in [-0.3, -0.25) is 10.2 Å². The highest BCUT2D eigenvalue weighted by Crippen LogP contribution is 2.49. The highest BCUT2D eigenvalue weighted by atomic mass is 16.2. The highest BCUT2D eigenvalue weighted by Gasteiger charge is 2.44. The van der Waals surface area contributed by atoms with Crippen molar-refractivity contribution in [3.05, 3.63) is 0 Å². The normalized spacial score (nSPS) is 35.7. The van der Waals surface area contributed by atoms with Crippen LogP contribution in [0.4, 0.5) is 0 Å². The van der Waals surface area contributed by atoms with Gasteiger partial charge >= 0.3 is 0 Å². The fourth-order valence-electron chi connectivity index (χ4n) is 3.22. The molecule has 2 saturated carbocycles. The van der Waals surface area contributed by atoms with E-state index >= 15 is 0 Å². The third kappa shape index (κ3) is 2.97. The summed E-state index contributed by atoms with van der Waals surface area (Å²) < 4.78 is 0. The molecule has 3 unspecified atom stereocenters. The van der Waals surface area contributed by atoms with Crippen LogP contribution in [-0.2, 0) is 4.79 Å². The monoisotopic (exact) mass is 224 g/mol. The van der Waals surface area contributed by atoms with Crippen LogP contribution in [0.3, 0.4) is 0 Å². The fraction of sp³-hybridized carbons (Fsp3) is 0.923. The van der Waals surface area contributed by atoms with Gasteiger partial charge in [-0.2, -0.15) is 0 Å². The second kappa shape index (κ2) is 5.67. The number of nitrogens with one attached hydrogen (secondary N) is 1. The number of rotatable bonds is 1. The largest absolute Gasteiger partial charge is 0.294 e. The van der Waals surface area contributed by atoms with Gasteiger partial charge in [-0.15, -0.1) is 0 Å². The van der Waals surface area contributed by atoms with Crippen molar-refractivity contribution in [2.24, 2.45) is 23.6 Å². The first-order valence-electron chi connectivity index (χ1n) is 6.83. The van der Waals surface area contributed by atoms with E-state index in [2.05, 4.69) is 5.43 Å². The number of nitrogens with two attached hydrogens (primary N) is 1. The molecule has 0 aliphatic heterocycles. The molecule has 2 rings (SSSR count). The van der Waals surface area contributed by atoms with Crippen LogP contribution in [-0.4, -0.2) is 5.91 Å². The van der Waals surface area contributed by atoms with Gasteiger partial charge in [0.1, 0.15) is 0 Å². The highest BCUT2D eigenvalue weighted by molar-refractivity contribution is 5.78. The summed E-state index contributed by atoms with van der Waals surface area (Å²) in [6, 6.07) is 0. The second-order valence-corrected chi connectivity index (χ2v) is 5.47. The summed E-state index contributed by atoms with van der Waals surface area (Å²) in [6.07, 6.45) is 11.6. The predicted octanol–water partition coefficient (Wildman–Crippen LogP) is 2.36. The summed E-state index contributed by atoms with van der Waals surface area (Å²) in [5, 5.41) is 0. The Balaban J connectivity index is 1.90. The zero-order valence-corrected chi connectivity index (χ0v) is 10.1. The van der Waals surface area contributed by atoms with Gasteiger partial charge in [0.05, 0.1) is 0 Å². The standard InChI is InChI=1S/C13H24N2O/c14-15-13(16)11-8-6-4-2-1-3-5-7-10-9-12(10)11/h10-12H,1-9,14H2,(H,15,16). The number of hydrogen-bond acceptors (Lipinski definition) is 2. The van der Waals surface area contributed by atoms with Gasteiger partial charge in [0, 0.05) is 5.92 Å². The summed E-state index contributed by atoms with van der Waals surface area (Å²) in [6.45, 7) is 0. The van der Waals surface area contributed by atoms with E-state index in [-0.39, 0.29) is 11.8 Å². The Labute approximate surface area is 98.1 Å². The van der Waals surface area contributed by atoms with E-state index in [1.807, 2.05) is 0 Å². The van der Waals surface area contributed by atoms with E-state index in [0.717, 1.165) is 12.3 Å². The molecule has 0 radical (unpaired) electrons. The zero-order valence-electron chi connectivity index (χ0n) is 10.1. The maximum atomic E-state index is 11.7. The molecule has 2 fully saturated rings. The molecule has 0 saturated heterocycles. The molecule has 0 aromatic heterocycles. The third-order valence-electron chi connectivity index (χ3n) is 4.31. The SMILES string of the molecule is NNC(=O)C1CCCCCCCCC2CC21. The quantitative estimate of drug-likeness (QED) is 0.408. The Morgan fingerprint density at radius 1 is 1.00 bits per heavy atom. The van der Waals surface area contributed by atoms with Gasteiger partial charge in [-0.1, -0.05) is 44.9 Å². The number of hydrazine groups is 1. The molecule has 0 aromatic rings. The van der Waals surface area contributed by atoms with Gasteiger partial charge in [0.15, 0.2) is 0 Å². The molecule has 1 amide bonds. The van der Waals surface area contributed by atoms with Gasteiger partial charge in [-0.25, -0.2) is 5.84 Å². The summed E-state index contributed by atoms with van der Waals surface area (Å²) in [5.74, 6) is 7.01. The number of carbonyl (C=O) groups is 1. The lowest BCUT2D eigenvalue weighted by Gasteiger charge is -2.14. The Hall–Kier alpha value is -0.570. The minimum Gasteiger partial charge on any atom is -0.294 e. The van der Waals surface area contributed by atoms with Crippen molar-refractivity contribution >= 4 is 5.91 Å². The number of fused-ring (bicyclic) bond motifs is 1. The first-order valence-corrected chi connectivity index (χ1v) is 6.83. The van der Waals surface area contributed by atoms with Crippen LogP contribution < -0.4 is 11.3 Å². The molecule has 0 heterocycles. The van der Waals surface area contributed by atoms with Gasteiger partial charge < -0.3 is 0 Å². The average Bonchev–Trinajstić information content (AvgIpc) is 3.04. The van der Waals surface area contributed by atoms with Crippen LogP contribution in [0.25, 0.3) is 0 Å². The summed E-state index contributed by atoms with van der Waals surface area (Å²) in [4.78, 5) is 11.7. The topological polar surface area (TPSA) is 55.1 Å². The Morgan fingerprint density at radius 2 is 1.62 bits per heavy atom. The van der Waals surface area contributed by atoms with E-state index in [0.29, 0.717) is 5.92 Å². The molecule has 3 atom stereocenters. The third-order valence-corrected chi connectivity index (χ3v) is 4.31. The van der Waals surface area contributed by atoms with Crippen LogP contribution in [0, 0.1) is 17.8 Å². The van der Waals surface area contributed by atoms with E-state index in [1.54, 1.807) is 0 Å². The molecule has 16 heavy (non-hydrogen) atoms. The van der Waals surface area contributed by atoms with Crippen LogP contribution in [0.5, 0.6) is 0 Å². The first kappa shape index (κ1) is 11.9. The van der Waals surface area contributed by atoms with Crippen molar-refractivity contribution in [3.63, 3.8) is 0 Å². The van der Waals surface area contributed by atoms with Crippen molar-refractivity contribution in [1.82, 2.24) is 5.43 Å². The minimum absolute atomic E-state index is 0.0757. The van der Waals surface area contributed by atoms with Gasteiger partial charge in [0.2, 0.25) is 5.91 Å². The van der Waals surface area contributed by atoms with Crippen molar-refractivity contribution in [1.29, 1.82) is 0 Å². The van der Waals surface area contributed by atoms with Crippen molar-refractivity contribution in [2.45, 2.75) is 57.8 Å². The number of amides is 1. The lowest BCUT2D eigenvalue weighted by molar-refractivity contribution is -0.126. The molecule has 3 nitrogen and oxygen atoms in total. The van der Waals surface area contributed by atoms with Crippen LogP contribution in [0.2, 0.25) is 0 Å². The van der Waals surface area contributed by atoms with E-state index < -0.39 is 0 Å². The lowest BCUT2D eigenvalue weighted by atomic mass is 9.94. The second-order valence-electron chi connectivity index (χ2n) is 5.47. The summed E-state index contributed by atoms with van der Waals surface area (Å²) in [7, 11) is 0. The minimum atomic E-state index is 0.0757. The van der Waals surface area contributed by atoms with Crippen LogP contribution in [0.1, 0.15) is 57.8 Å². The fourth-order valence-corrected chi connectivity index (χ4v) is 3.22. The molecule has 3 heteroatoms. The molecule has 2 aliphatic carbocycles. The zero-order chi connectivity index (χ0) is 11.4. The van der Waals surface area contributed by atoms with E-state index in [1.165, 1.54) is 51.4 Å². The molecular weight excluding hydrogens is 200 g/mol. The molecular formula is C13H24N2O. The van der Waals surface area contributed by atoms with Crippen molar-refractivity contribution in [3.8, 4) is 0 Å².